The highest BCUT2D eigenvalue weighted by atomic mass is 19.1. The first kappa shape index (κ1) is 14.1. The minimum atomic E-state index is -0.918. The normalized spacial score (nSPS) is 14.8. The highest BCUT2D eigenvalue weighted by Crippen LogP contribution is 2.18. The molecule has 7 heteroatoms. The van der Waals surface area contributed by atoms with E-state index in [0.29, 0.717) is 0 Å². The summed E-state index contributed by atoms with van der Waals surface area (Å²) in [5, 5.41) is 6.12. The quantitative estimate of drug-likeness (QED) is 0.494. The predicted molar refractivity (Wildman–Crippen MR) is 67.9 cm³/mol. The van der Waals surface area contributed by atoms with Gasteiger partial charge in [0.05, 0.1) is 5.71 Å². The van der Waals surface area contributed by atoms with Crippen LogP contribution in [0.25, 0.3) is 0 Å². The van der Waals surface area contributed by atoms with Gasteiger partial charge in [-0.2, -0.15) is 5.10 Å². The first-order valence-corrected chi connectivity index (χ1v) is 6.08. The number of hydrazone groups is 1. The van der Waals surface area contributed by atoms with Gasteiger partial charge in [0.1, 0.15) is 11.6 Å². The lowest BCUT2D eigenvalue weighted by Crippen LogP contribution is -2.39. The summed E-state index contributed by atoms with van der Waals surface area (Å²) in [6, 6.07) is 3.07. The van der Waals surface area contributed by atoms with E-state index in [1.165, 1.54) is 13.0 Å². The molecule has 1 aliphatic rings. The Morgan fingerprint density at radius 1 is 1.25 bits per heavy atom. The summed E-state index contributed by atoms with van der Waals surface area (Å²) in [5.41, 5.74) is 2.22. The van der Waals surface area contributed by atoms with E-state index in [2.05, 4.69) is 10.4 Å². The van der Waals surface area contributed by atoms with Crippen molar-refractivity contribution in [2.75, 3.05) is 0 Å². The van der Waals surface area contributed by atoms with E-state index < -0.39 is 23.4 Å². The van der Waals surface area contributed by atoms with Crippen molar-refractivity contribution in [2.24, 2.45) is 5.10 Å². The van der Waals surface area contributed by atoms with Crippen LogP contribution < -0.4 is 10.7 Å². The maximum Gasteiger partial charge on any atom is 0.329 e. The lowest BCUT2D eigenvalue weighted by Gasteiger charge is -2.04. The fourth-order valence-corrected chi connectivity index (χ4v) is 1.51. The van der Waals surface area contributed by atoms with Gasteiger partial charge < -0.3 is 5.32 Å². The van der Waals surface area contributed by atoms with E-state index in [-0.39, 0.29) is 17.3 Å². The minimum Gasteiger partial charge on any atom is -0.345 e. The minimum absolute atomic E-state index is 0.0503. The summed E-state index contributed by atoms with van der Waals surface area (Å²) < 4.78 is 26.2. The zero-order chi connectivity index (χ0) is 14.7. The average Bonchev–Trinajstić information content (AvgIpc) is 3.19. The standard InChI is InChI=1S/C13H13F2N3O2/c1-7(10-5-2-8(14)6-11(10)15)17-18-13(20)12(19)16-9-3-4-9/h2,5-6,9H,3-4H2,1H3,(H,16,19)(H,18,20)/b17-7-. The van der Waals surface area contributed by atoms with Crippen molar-refractivity contribution >= 4 is 17.5 Å². The number of amides is 2. The first-order valence-electron chi connectivity index (χ1n) is 6.08. The predicted octanol–water partition coefficient (Wildman–Crippen LogP) is 1.08. The van der Waals surface area contributed by atoms with E-state index in [1.807, 2.05) is 5.43 Å². The highest BCUT2D eigenvalue weighted by molar-refractivity contribution is 6.35. The Labute approximate surface area is 114 Å². The number of halogens is 2. The summed E-state index contributed by atoms with van der Waals surface area (Å²) in [6.45, 7) is 1.44. The molecule has 1 aromatic rings. The highest BCUT2D eigenvalue weighted by Gasteiger charge is 2.26. The molecule has 1 aliphatic carbocycles. The van der Waals surface area contributed by atoms with Gasteiger partial charge in [0, 0.05) is 17.7 Å². The molecule has 2 N–H and O–H groups in total. The smallest absolute Gasteiger partial charge is 0.329 e. The van der Waals surface area contributed by atoms with Crippen LogP contribution >= 0.6 is 0 Å². The van der Waals surface area contributed by atoms with E-state index in [0.717, 1.165) is 25.0 Å². The first-order chi connectivity index (χ1) is 9.47. The van der Waals surface area contributed by atoms with Crippen LogP contribution in [-0.2, 0) is 9.59 Å². The van der Waals surface area contributed by atoms with Gasteiger partial charge in [-0.3, -0.25) is 9.59 Å². The molecule has 5 nitrogen and oxygen atoms in total. The molecule has 0 unspecified atom stereocenters. The molecular weight excluding hydrogens is 268 g/mol. The number of carbonyl (C=O) groups is 2. The molecule has 2 amide bonds. The summed E-state index contributed by atoms with van der Waals surface area (Å²) in [6.07, 6.45) is 1.73. The molecule has 0 bridgehead atoms. The fourth-order valence-electron chi connectivity index (χ4n) is 1.51. The average molecular weight is 281 g/mol. The zero-order valence-electron chi connectivity index (χ0n) is 10.7. The van der Waals surface area contributed by atoms with E-state index >= 15 is 0 Å². The van der Waals surface area contributed by atoms with Crippen LogP contribution in [0.15, 0.2) is 23.3 Å². The molecule has 1 fully saturated rings. The molecule has 2 rings (SSSR count). The molecule has 20 heavy (non-hydrogen) atoms. The summed E-state index contributed by atoms with van der Waals surface area (Å²) in [7, 11) is 0. The van der Waals surface area contributed by atoms with Gasteiger partial charge in [-0.25, -0.2) is 14.2 Å². The molecule has 0 atom stereocenters. The van der Waals surface area contributed by atoms with Crippen molar-refractivity contribution in [3.63, 3.8) is 0 Å². The Morgan fingerprint density at radius 2 is 1.95 bits per heavy atom. The van der Waals surface area contributed by atoms with E-state index in [9.17, 15) is 18.4 Å². The zero-order valence-corrected chi connectivity index (χ0v) is 10.7. The van der Waals surface area contributed by atoms with Crippen LogP contribution in [0.2, 0.25) is 0 Å². The lowest BCUT2D eigenvalue weighted by atomic mass is 10.1. The second-order valence-electron chi connectivity index (χ2n) is 4.51. The number of rotatable bonds is 3. The molecule has 0 spiro atoms. The number of benzene rings is 1. The van der Waals surface area contributed by atoms with Crippen molar-refractivity contribution in [3.8, 4) is 0 Å². The van der Waals surface area contributed by atoms with Crippen LogP contribution in [-0.4, -0.2) is 23.6 Å². The summed E-state index contributed by atoms with van der Waals surface area (Å²) in [5.74, 6) is -3.18. The molecule has 1 aromatic carbocycles. The number of hydrogen-bond donors (Lipinski definition) is 2. The van der Waals surface area contributed by atoms with E-state index in [1.54, 1.807) is 0 Å². The Morgan fingerprint density at radius 3 is 2.55 bits per heavy atom. The van der Waals surface area contributed by atoms with Crippen LogP contribution in [0.4, 0.5) is 8.78 Å². The number of hydrogen-bond acceptors (Lipinski definition) is 3. The third-order valence-electron chi connectivity index (χ3n) is 2.76. The van der Waals surface area contributed by atoms with Gasteiger partial charge in [0.15, 0.2) is 0 Å². The maximum atomic E-state index is 13.5. The van der Waals surface area contributed by atoms with Gasteiger partial charge in [0.2, 0.25) is 0 Å². The Balaban J connectivity index is 1.98. The molecule has 0 aliphatic heterocycles. The lowest BCUT2D eigenvalue weighted by molar-refractivity contribution is -0.139. The van der Waals surface area contributed by atoms with Gasteiger partial charge in [0.25, 0.3) is 0 Å². The van der Waals surface area contributed by atoms with Crippen LogP contribution in [0, 0.1) is 11.6 Å². The Kier molecular flexibility index (Phi) is 4.07. The molecule has 106 valence electrons. The number of carbonyl (C=O) groups excluding carboxylic acids is 2. The van der Waals surface area contributed by atoms with E-state index in [4.69, 9.17) is 0 Å². The Hall–Kier alpha value is -2.31. The molecular formula is C13H13F2N3O2. The molecule has 0 saturated heterocycles. The van der Waals surface area contributed by atoms with Crippen molar-refractivity contribution in [1.82, 2.24) is 10.7 Å². The summed E-state index contributed by atoms with van der Waals surface area (Å²) in [4.78, 5) is 22.7. The third-order valence-corrected chi connectivity index (χ3v) is 2.76. The maximum absolute atomic E-state index is 13.5. The molecule has 0 aromatic heterocycles. The largest absolute Gasteiger partial charge is 0.345 e. The molecule has 0 heterocycles. The molecule has 0 radical (unpaired) electrons. The van der Waals surface area contributed by atoms with Crippen molar-refractivity contribution < 1.29 is 18.4 Å². The fraction of sp³-hybridized carbons (Fsp3) is 0.308. The second kappa shape index (κ2) is 5.77. The van der Waals surface area contributed by atoms with Crippen LogP contribution in [0.3, 0.4) is 0 Å². The number of nitrogens with one attached hydrogen (secondary N) is 2. The van der Waals surface area contributed by atoms with Gasteiger partial charge in [-0.05, 0) is 31.9 Å². The van der Waals surface area contributed by atoms with Crippen molar-refractivity contribution in [3.05, 3.63) is 35.4 Å². The van der Waals surface area contributed by atoms with Gasteiger partial charge in [-0.1, -0.05) is 0 Å². The summed E-state index contributed by atoms with van der Waals surface area (Å²) >= 11 is 0. The second-order valence-corrected chi connectivity index (χ2v) is 4.51. The van der Waals surface area contributed by atoms with Gasteiger partial charge in [-0.15, -0.1) is 0 Å². The van der Waals surface area contributed by atoms with Crippen molar-refractivity contribution in [2.45, 2.75) is 25.8 Å². The van der Waals surface area contributed by atoms with Crippen molar-refractivity contribution in [1.29, 1.82) is 0 Å². The monoisotopic (exact) mass is 281 g/mol. The third kappa shape index (κ3) is 3.59. The topological polar surface area (TPSA) is 70.6 Å². The Bertz CT molecular complexity index is 583. The van der Waals surface area contributed by atoms with Crippen LogP contribution in [0.1, 0.15) is 25.3 Å². The van der Waals surface area contributed by atoms with Crippen LogP contribution in [0.5, 0.6) is 0 Å². The number of nitrogens with zero attached hydrogens (tertiary/aromatic N) is 1. The SMILES string of the molecule is C/C(=N/NC(=O)C(=O)NC1CC1)c1ccc(F)cc1F. The molecule has 1 saturated carbocycles. The van der Waals surface area contributed by atoms with Gasteiger partial charge >= 0.3 is 11.8 Å².